The summed E-state index contributed by atoms with van der Waals surface area (Å²) in [7, 11) is 0. The minimum Gasteiger partial charge on any atom is -0.381 e. The topological polar surface area (TPSA) is 18.5 Å². The van der Waals surface area contributed by atoms with Crippen molar-refractivity contribution >= 4 is 12.6 Å². The molecule has 14 heavy (non-hydrogen) atoms. The van der Waals surface area contributed by atoms with Crippen molar-refractivity contribution in [2.45, 2.75) is 39.0 Å². The van der Waals surface area contributed by atoms with E-state index in [1.54, 1.807) is 0 Å². The fourth-order valence-corrected chi connectivity index (χ4v) is 1.15. The lowest BCUT2D eigenvalue weighted by Gasteiger charge is -2.04. The van der Waals surface area contributed by atoms with Gasteiger partial charge in [0.2, 0.25) is 0 Å². The first-order valence-corrected chi connectivity index (χ1v) is 6.31. The molecule has 0 N–H and O–H groups in total. The fraction of sp³-hybridized carbons (Fsp3) is 1.00. The summed E-state index contributed by atoms with van der Waals surface area (Å²) < 4.78 is 10.8. The van der Waals surface area contributed by atoms with Crippen LogP contribution in [0.15, 0.2) is 0 Å². The zero-order valence-electron chi connectivity index (χ0n) is 9.33. The summed E-state index contributed by atoms with van der Waals surface area (Å²) in [5.74, 6) is 0.917. The Morgan fingerprint density at radius 2 is 1.29 bits per heavy atom. The predicted octanol–water partition coefficient (Wildman–Crippen LogP) is 2.92. The number of ether oxygens (including phenoxy) is 2. The van der Waals surface area contributed by atoms with Gasteiger partial charge in [0.15, 0.2) is 0 Å². The molecule has 86 valence electrons. The largest absolute Gasteiger partial charge is 0.381 e. The zero-order chi connectivity index (χ0) is 10.5. The van der Waals surface area contributed by atoms with Crippen LogP contribution in [0.4, 0.5) is 0 Å². The van der Waals surface area contributed by atoms with Crippen molar-refractivity contribution in [3.8, 4) is 0 Å². The molecule has 0 unspecified atom stereocenters. The van der Waals surface area contributed by atoms with Crippen molar-refractivity contribution in [1.82, 2.24) is 0 Å². The van der Waals surface area contributed by atoms with Crippen LogP contribution in [0.25, 0.3) is 0 Å². The van der Waals surface area contributed by atoms with Gasteiger partial charge < -0.3 is 9.47 Å². The van der Waals surface area contributed by atoms with Gasteiger partial charge >= 0.3 is 0 Å². The second-order valence-corrected chi connectivity index (χ2v) is 3.81. The van der Waals surface area contributed by atoms with Crippen LogP contribution in [0.3, 0.4) is 0 Å². The van der Waals surface area contributed by atoms with Crippen molar-refractivity contribution in [3.63, 3.8) is 0 Å². The zero-order valence-corrected chi connectivity index (χ0v) is 10.2. The molecule has 0 amide bonds. The Hall–Kier alpha value is 0.270. The van der Waals surface area contributed by atoms with E-state index in [1.165, 1.54) is 12.8 Å². The van der Waals surface area contributed by atoms with Crippen LogP contribution >= 0.6 is 12.6 Å². The minimum atomic E-state index is 0.847. The van der Waals surface area contributed by atoms with Crippen LogP contribution in [0.5, 0.6) is 0 Å². The summed E-state index contributed by atoms with van der Waals surface area (Å²) in [6.45, 7) is 5.69. The van der Waals surface area contributed by atoms with E-state index in [1.807, 2.05) is 0 Å². The van der Waals surface area contributed by atoms with Crippen molar-refractivity contribution in [3.05, 3.63) is 0 Å². The number of hydrogen-bond donors (Lipinski definition) is 1. The molecule has 0 heterocycles. The van der Waals surface area contributed by atoms with Gasteiger partial charge in [-0.3, -0.25) is 0 Å². The van der Waals surface area contributed by atoms with E-state index in [2.05, 4.69) is 19.6 Å². The monoisotopic (exact) mass is 220 g/mol. The summed E-state index contributed by atoms with van der Waals surface area (Å²) in [5.41, 5.74) is 0. The highest BCUT2D eigenvalue weighted by molar-refractivity contribution is 7.80. The van der Waals surface area contributed by atoms with E-state index in [9.17, 15) is 0 Å². The molecule has 0 aliphatic rings. The fourth-order valence-electron chi connectivity index (χ4n) is 1.03. The van der Waals surface area contributed by atoms with Crippen molar-refractivity contribution in [2.24, 2.45) is 0 Å². The summed E-state index contributed by atoms with van der Waals surface area (Å²) in [6.07, 6.45) is 5.67. The smallest absolute Gasteiger partial charge is 0.0473 e. The van der Waals surface area contributed by atoms with Gasteiger partial charge in [-0.15, -0.1) is 0 Å². The normalized spacial score (nSPS) is 10.7. The molecule has 0 rings (SSSR count). The number of thiol groups is 1. The Balaban J connectivity index is 2.78. The number of rotatable bonds is 11. The lowest BCUT2D eigenvalue weighted by Crippen LogP contribution is -2.01. The van der Waals surface area contributed by atoms with Gasteiger partial charge in [-0.1, -0.05) is 13.3 Å². The number of unbranched alkanes of at least 4 members (excludes halogenated alkanes) is 2. The Morgan fingerprint density at radius 3 is 1.79 bits per heavy atom. The maximum atomic E-state index is 5.43. The molecule has 2 nitrogen and oxygen atoms in total. The maximum absolute atomic E-state index is 5.43. The molecule has 0 radical (unpaired) electrons. The van der Waals surface area contributed by atoms with Gasteiger partial charge in [0.05, 0.1) is 0 Å². The van der Waals surface area contributed by atoms with Crippen molar-refractivity contribution in [1.29, 1.82) is 0 Å². The Bertz CT molecular complexity index is 87.3. The highest BCUT2D eigenvalue weighted by atomic mass is 32.1. The average Bonchev–Trinajstić information content (AvgIpc) is 2.21. The molecule has 0 aromatic heterocycles. The van der Waals surface area contributed by atoms with Crippen LogP contribution in [-0.4, -0.2) is 32.2 Å². The van der Waals surface area contributed by atoms with Crippen molar-refractivity contribution < 1.29 is 9.47 Å². The van der Waals surface area contributed by atoms with Gasteiger partial charge in [0.25, 0.3) is 0 Å². The van der Waals surface area contributed by atoms with Gasteiger partial charge in [0.1, 0.15) is 0 Å². The molecule has 3 heteroatoms. The molecule has 0 atom stereocenters. The molecule has 0 aromatic carbocycles. The van der Waals surface area contributed by atoms with Crippen LogP contribution in [0, 0.1) is 0 Å². The van der Waals surface area contributed by atoms with E-state index in [-0.39, 0.29) is 0 Å². The number of hydrogen-bond acceptors (Lipinski definition) is 3. The van der Waals surface area contributed by atoms with Crippen LogP contribution in [0.1, 0.15) is 39.0 Å². The highest BCUT2D eigenvalue weighted by Crippen LogP contribution is 1.95. The summed E-state index contributed by atoms with van der Waals surface area (Å²) in [6, 6.07) is 0. The minimum absolute atomic E-state index is 0.847. The van der Waals surface area contributed by atoms with Gasteiger partial charge in [-0.25, -0.2) is 0 Å². The lowest BCUT2D eigenvalue weighted by molar-refractivity contribution is 0.102. The summed E-state index contributed by atoms with van der Waals surface area (Å²) >= 11 is 4.11. The molecular weight excluding hydrogens is 196 g/mol. The van der Waals surface area contributed by atoms with E-state index < -0.39 is 0 Å². The Morgan fingerprint density at radius 1 is 0.786 bits per heavy atom. The molecule has 0 fully saturated rings. The second-order valence-electron chi connectivity index (χ2n) is 3.36. The molecular formula is C11H24O2S. The van der Waals surface area contributed by atoms with Gasteiger partial charge in [0, 0.05) is 26.4 Å². The molecule has 0 bridgehead atoms. The van der Waals surface area contributed by atoms with Crippen LogP contribution in [-0.2, 0) is 9.47 Å². The standard InChI is InChI=1S/C11H24O2S/c1-2-3-7-12-8-4-5-9-13-10-6-11-14/h14H,2-11H2,1H3. The van der Waals surface area contributed by atoms with Crippen LogP contribution < -0.4 is 0 Å². The van der Waals surface area contributed by atoms with Crippen molar-refractivity contribution in [2.75, 3.05) is 32.2 Å². The molecule has 0 saturated carbocycles. The van der Waals surface area contributed by atoms with Crippen LogP contribution in [0.2, 0.25) is 0 Å². The first-order chi connectivity index (χ1) is 6.91. The highest BCUT2D eigenvalue weighted by Gasteiger charge is 1.90. The van der Waals surface area contributed by atoms with E-state index in [0.29, 0.717) is 0 Å². The third-order valence-corrected chi connectivity index (χ3v) is 2.23. The maximum Gasteiger partial charge on any atom is 0.0473 e. The third-order valence-electron chi connectivity index (χ3n) is 1.92. The first-order valence-electron chi connectivity index (χ1n) is 5.68. The van der Waals surface area contributed by atoms with E-state index >= 15 is 0 Å². The van der Waals surface area contributed by atoms with E-state index in [4.69, 9.17) is 9.47 Å². The van der Waals surface area contributed by atoms with Gasteiger partial charge in [-0.2, -0.15) is 12.6 Å². The molecule has 0 saturated heterocycles. The lowest BCUT2D eigenvalue weighted by atomic mass is 10.3. The summed E-state index contributed by atoms with van der Waals surface area (Å²) in [4.78, 5) is 0. The van der Waals surface area contributed by atoms with Gasteiger partial charge in [-0.05, 0) is 31.4 Å². The Kier molecular flexibility index (Phi) is 13.5. The SMILES string of the molecule is CCCCOCCCCOCCCS. The molecule has 0 aliphatic heterocycles. The molecule has 0 aliphatic carbocycles. The first kappa shape index (κ1) is 14.3. The quantitative estimate of drug-likeness (QED) is 0.426. The summed E-state index contributed by atoms with van der Waals surface area (Å²) in [5, 5.41) is 0. The average molecular weight is 220 g/mol. The third kappa shape index (κ3) is 12.3. The Labute approximate surface area is 93.8 Å². The predicted molar refractivity (Wildman–Crippen MR) is 64.3 cm³/mol. The molecule has 0 aromatic rings. The molecule has 0 spiro atoms. The second kappa shape index (κ2) is 13.3. The van der Waals surface area contributed by atoms with E-state index in [0.717, 1.165) is 51.4 Å².